The molecule has 0 aliphatic heterocycles. The number of rotatable bonds is 8. The largest absolute Gasteiger partial charge is 0.466 e. The summed E-state index contributed by atoms with van der Waals surface area (Å²) in [5.41, 5.74) is 6.63. The lowest BCUT2D eigenvalue weighted by Gasteiger charge is -2.31. The summed E-state index contributed by atoms with van der Waals surface area (Å²) in [6.45, 7) is 6.82. The van der Waals surface area contributed by atoms with Crippen molar-refractivity contribution in [2.45, 2.75) is 40.0 Å². The quantitative estimate of drug-likeness (QED) is 0.743. The molecule has 3 nitrogen and oxygen atoms in total. The predicted molar refractivity (Wildman–Crippen MR) is 82.3 cm³/mol. The van der Waals surface area contributed by atoms with Gasteiger partial charge in [-0.2, -0.15) is 0 Å². The SMILES string of the molecule is CCOC(=O)C(CN)(CCc1ccccc1)CC(C)C. The van der Waals surface area contributed by atoms with Gasteiger partial charge in [-0.3, -0.25) is 4.79 Å². The fourth-order valence-electron chi connectivity index (χ4n) is 2.65. The van der Waals surface area contributed by atoms with Gasteiger partial charge in [0, 0.05) is 6.54 Å². The Hall–Kier alpha value is -1.35. The second-order valence-electron chi connectivity index (χ2n) is 5.79. The third-order valence-electron chi connectivity index (χ3n) is 3.63. The van der Waals surface area contributed by atoms with E-state index in [4.69, 9.17) is 10.5 Å². The Morgan fingerprint density at radius 2 is 1.95 bits per heavy atom. The highest BCUT2D eigenvalue weighted by Crippen LogP contribution is 2.32. The molecule has 0 bridgehead atoms. The van der Waals surface area contributed by atoms with E-state index < -0.39 is 5.41 Å². The third kappa shape index (κ3) is 4.64. The first-order valence-electron chi connectivity index (χ1n) is 7.45. The maximum absolute atomic E-state index is 12.4. The van der Waals surface area contributed by atoms with Crippen LogP contribution in [0, 0.1) is 11.3 Å². The van der Waals surface area contributed by atoms with Crippen molar-refractivity contribution in [1.29, 1.82) is 0 Å². The molecule has 1 atom stereocenters. The zero-order valence-corrected chi connectivity index (χ0v) is 12.9. The Balaban J connectivity index is 2.83. The number of nitrogens with two attached hydrogens (primary N) is 1. The lowest BCUT2D eigenvalue weighted by atomic mass is 9.75. The molecule has 0 heterocycles. The number of benzene rings is 1. The number of ether oxygens (including phenoxy) is 1. The molecule has 1 rings (SSSR count). The van der Waals surface area contributed by atoms with Crippen LogP contribution in [0.25, 0.3) is 0 Å². The number of esters is 1. The summed E-state index contributed by atoms with van der Waals surface area (Å²) in [6, 6.07) is 10.2. The number of hydrogen-bond acceptors (Lipinski definition) is 3. The minimum atomic E-state index is -0.556. The monoisotopic (exact) mass is 277 g/mol. The molecule has 0 radical (unpaired) electrons. The summed E-state index contributed by atoms with van der Waals surface area (Å²) in [7, 11) is 0. The van der Waals surface area contributed by atoms with Crippen molar-refractivity contribution < 1.29 is 9.53 Å². The molecule has 0 saturated carbocycles. The molecule has 3 heteroatoms. The Bertz CT molecular complexity index is 403. The van der Waals surface area contributed by atoms with Crippen molar-refractivity contribution in [3.05, 3.63) is 35.9 Å². The van der Waals surface area contributed by atoms with Gasteiger partial charge in [-0.05, 0) is 37.7 Å². The van der Waals surface area contributed by atoms with E-state index in [0.29, 0.717) is 19.1 Å². The van der Waals surface area contributed by atoms with Crippen molar-refractivity contribution in [2.75, 3.05) is 13.2 Å². The molecule has 0 aliphatic rings. The molecular weight excluding hydrogens is 250 g/mol. The predicted octanol–water partition coefficient (Wildman–Crippen LogP) is 3.17. The smallest absolute Gasteiger partial charge is 0.313 e. The number of aryl methyl sites for hydroxylation is 1. The fourth-order valence-corrected chi connectivity index (χ4v) is 2.65. The van der Waals surface area contributed by atoms with Crippen LogP contribution in [-0.4, -0.2) is 19.1 Å². The van der Waals surface area contributed by atoms with Gasteiger partial charge in [-0.15, -0.1) is 0 Å². The van der Waals surface area contributed by atoms with Gasteiger partial charge in [0.25, 0.3) is 0 Å². The molecule has 0 fully saturated rings. The van der Waals surface area contributed by atoms with E-state index in [2.05, 4.69) is 26.0 Å². The molecule has 1 aromatic carbocycles. The summed E-state index contributed by atoms with van der Waals surface area (Å²) in [6.07, 6.45) is 2.36. The average molecular weight is 277 g/mol. The van der Waals surface area contributed by atoms with Crippen LogP contribution in [0.15, 0.2) is 30.3 Å². The van der Waals surface area contributed by atoms with E-state index in [1.165, 1.54) is 5.56 Å². The minimum Gasteiger partial charge on any atom is -0.466 e. The van der Waals surface area contributed by atoms with Crippen LogP contribution >= 0.6 is 0 Å². The molecule has 112 valence electrons. The van der Waals surface area contributed by atoms with E-state index in [1.54, 1.807) is 0 Å². The Kier molecular flexibility index (Phi) is 6.73. The van der Waals surface area contributed by atoms with Crippen LogP contribution in [0.4, 0.5) is 0 Å². The molecule has 0 amide bonds. The molecular formula is C17H27NO2. The van der Waals surface area contributed by atoms with E-state index in [0.717, 1.165) is 19.3 Å². The van der Waals surface area contributed by atoms with E-state index in [-0.39, 0.29) is 5.97 Å². The molecule has 0 spiro atoms. The summed E-state index contributed by atoms with van der Waals surface area (Å²) >= 11 is 0. The van der Waals surface area contributed by atoms with Crippen molar-refractivity contribution in [3.8, 4) is 0 Å². The highest BCUT2D eigenvalue weighted by Gasteiger charge is 2.38. The van der Waals surface area contributed by atoms with E-state index in [9.17, 15) is 4.79 Å². The standard InChI is InChI=1S/C17H27NO2/c1-4-20-16(19)17(13-18,12-14(2)3)11-10-15-8-6-5-7-9-15/h5-9,14H,4,10-13,18H2,1-3H3. The summed E-state index contributed by atoms with van der Waals surface area (Å²) < 4.78 is 5.27. The first-order chi connectivity index (χ1) is 9.54. The maximum atomic E-state index is 12.4. The Labute approximate surface area is 122 Å². The van der Waals surface area contributed by atoms with Crippen LogP contribution in [-0.2, 0) is 16.0 Å². The topological polar surface area (TPSA) is 52.3 Å². The van der Waals surface area contributed by atoms with E-state index >= 15 is 0 Å². The summed E-state index contributed by atoms with van der Waals surface area (Å²) in [4.78, 5) is 12.4. The highest BCUT2D eigenvalue weighted by atomic mass is 16.5. The van der Waals surface area contributed by atoms with Crippen molar-refractivity contribution in [3.63, 3.8) is 0 Å². The van der Waals surface area contributed by atoms with Gasteiger partial charge in [0.1, 0.15) is 0 Å². The number of hydrogen-bond donors (Lipinski definition) is 1. The van der Waals surface area contributed by atoms with Gasteiger partial charge in [0.2, 0.25) is 0 Å². The van der Waals surface area contributed by atoms with Crippen LogP contribution < -0.4 is 5.73 Å². The first kappa shape index (κ1) is 16.7. The minimum absolute atomic E-state index is 0.146. The molecule has 0 aromatic heterocycles. The van der Waals surface area contributed by atoms with Gasteiger partial charge in [-0.25, -0.2) is 0 Å². The molecule has 0 saturated heterocycles. The normalized spacial score (nSPS) is 14.1. The van der Waals surface area contributed by atoms with Gasteiger partial charge in [0.15, 0.2) is 0 Å². The summed E-state index contributed by atoms with van der Waals surface area (Å²) in [5.74, 6) is 0.269. The fraction of sp³-hybridized carbons (Fsp3) is 0.588. The first-order valence-corrected chi connectivity index (χ1v) is 7.45. The zero-order valence-electron chi connectivity index (χ0n) is 12.9. The van der Waals surface area contributed by atoms with Crippen LogP contribution in [0.5, 0.6) is 0 Å². The highest BCUT2D eigenvalue weighted by molar-refractivity contribution is 5.77. The molecule has 20 heavy (non-hydrogen) atoms. The Morgan fingerprint density at radius 3 is 2.45 bits per heavy atom. The second-order valence-corrected chi connectivity index (χ2v) is 5.79. The van der Waals surface area contributed by atoms with Crippen LogP contribution in [0.2, 0.25) is 0 Å². The van der Waals surface area contributed by atoms with Crippen LogP contribution in [0.3, 0.4) is 0 Å². The van der Waals surface area contributed by atoms with Gasteiger partial charge in [-0.1, -0.05) is 44.2 Å². The Morgan fingerprint density at radius 1 is 1.30 bits per heavy atom. The number of carbonyl (C=O) groups is 1. The summed E-state index contributed by atoms with van der Waals surface area (Å²) in [5, 5.41) is 0. The lowest BCUT2D eigenvalue weighted by molar-refractivity contribution is -0.156. The van der Waals surface area contributed by atoms with Gasteiger partial charge in [0.05, 0.1) is 12.0 Å². The van der Waals surface area contributed by atoms with E-state index in [1.807, 2.05) is 25.1 Å². The second kappa shape index (κ2) is 8.05. The molecule has 2 N–H and O–H groups in total. The van der Waals surface area contributed by atoms with Crippen LogP contribution in [0.1, 0.15) is 39.2 Å². The van der Waals surface area contributed by atoms with Gasteiger partial charge >= 0.3 is 5.97 Å². The molecule has 0 aliphatic carbocycles. The molecule has 1 aromatic rings. The number of carbonyl (C=O) groups excluding carboxylic acids is 1. The van der Waals surface area contributed by atoms with Crippen molar-refractivity contribution in [1.82, 2.24) is 0 Å². The zero-order chi connectivity index (χ0) is 15.0. The van der Waals surface area contributed by atoms with Gasteiger partial charge < -0.3 is 10.5 Å². The average Bonchev–Trinajstić information content (AvgIpc) is 2.44. The third-order valence-corrected chi connectivity index (χ3v) is 3.63. The van der Waals surface area contributed by atoms with Crippen molar-refractivity contribution in [2.24, 2.45) is 17.1 Å². The molecule has 1 unspecified atom stereocenters. The maximum Gasteiger partial charge on any atom is 0.313 e. The lowest BCUT2D eigenvalue weighted by Crippen LogP contribution is -2.41. The van der Waals surface area contributed by atoms with Crippen molar-refractivity contribution >= 4 is 5.97 Å².